The number of amides is 1. The van der Waals surface area contributed by atoms with Crippen LogP contribution in [0.15, 0.2) is 22.7 Å². The molecule has 0 saturated carbocycles. The maximum atomic E-state index is 13.8. The van der Waals surface area contributed by atoms with Crippen LogP contribution >= 0.6 is 0 Å². The fourth-order valence-electron chi connectivity index (χ4n) is 2.78. The topological polar surface area (TPSA) is 116 Å². The third-order valence-corrected chi connectivity index (χ3v) is 4.21. The number of rotatable bonds is 5. The quantitative estimate of drug-likeness (QED) is 0.527. The van der Waals surface area contributed by atoms with Crippen molar-refractivity contribution in [1.82, 2.24) is 14.9 Å². The number of nitro groups is 1. The molecule has 1 aromatic carbocycles. The van der Waals surface area contributed by atoms with Crippen molar-refractivity contribution in [2.45, 2.75) is 27.3 Å². The lowest BCUT2D eigenvalue weighted by molar-refractivity contribution is -0.386. The lowest BCUT2D eigenvalue weighted by Crippen LogP contribution is -2.17. The normalized spacial score (nSPS) is 10.9. The maximum absolute atomic E-state index is 13.8. The number of carbonyl (C=O) groups is 1. The fraction of sp³-hybridized carbons (Fsp3) is 0.235. The number of halogens is 2. The Labute approximate surface area is 157 Å². The van der Waals surface area contributed by atoms with Gasteiger partial charge in [-0.3, -0.25) is 19.6 Å². The van der Waals surface area contributed by atoms with E-state index in [9.17, 15) is 23.7 Å². The molecule has 0 aliphatic rings. The minimum atomic E-state index is -0.940. The summed E-state index contributed by atoms with van der Waals surface area (Å²) < 4.78 is 33.2. The molecule has 3 aromatic rings. The molecular weight excluding hydrogens is 376 g/mol. The van der Waals surface area contributed by atoms with E-state index in [1.54, 1.807) is 6.92 Å². The van der Waals surface area contributed by atoms with Crippen LogP contribution in [0.25, 0.3) is 0 Å². The molecular formula is C17H15F2N5O4. The molecule has 0 aliphatic carbocycles. The minimum absolute atomic E-state index is 0.00942. The first-order chi connectivity index (χ1) is 13.2. The van der Waals surface area contributed by atoms with Gasteiger partial charge in [-0.2, -0.15) is 5.10 Å². The molecule has 1 N–H and O–H groups in total. The van der Waals surface area contributed by atoms with Crippen LogP contribution in [-0.4, -0.2) is 25.8 Å². The van der Waals surface area contributed by atoms with E-state index in [4.69, 9.17) is 4.52 Å². The van der Waals surface area contributed by atoms with Gasteiger partial charge in [0.25, 0.3) is 5.91 Å². The van der Waals surface area contributed by atoms with E-state index in [1.165, 1.54) is 18.5 Å². The summed E-state index contributed by atoms with van der Waals surface area (Å²) >= 11 is 0. The van der Waals surface area contributed by atoms with E-state index < -0.39 is 22.5 Å². The molecule has 1 amide bonds. The molecule has 0 aliphatic heterocycles. The van der Waals surface area contributed by atoms with Gasteiger partial charge in [0.2, 0.25) is 0 Å². The highest BCUT2D eigenvalue weighted by Crippen LogP contribution is 2.25. The molecule has 9 nitrogen and oxygen atoms in total. The van der Waals surface area contributed by atoms with Gasteiger partial charge in [0.05, 0.1) is 17.2 Å². The molecule has 146 valence electrons. The summed E-state index contributed by atoms with van der Waals surface area (Å²) in [5.41, 5.74) is 0.403. The Kier molecular flexibility index (Phi) is 4.91. The summed E-state index contributed by atoms with van der Waals surface area (Å²) in [4.78, 5) is 23.1. The summed E-state index contributed by atoms with van der Waals surface area (Å²) in [6.07, 6.45) is 0. The number of hydrogen-bond donors (Lipinski definition) is 1. The summed E-state index contributed by atoms with van der Waals surface area (Å²) in [6.45, 7) is 4.60. The lowest BCUT2D eigenvalue weighted by Gasteiger charge is -2.07. The fourth-order valence-corrected chi connectivity index (χ4v) is 2.78. The molecule has 2 aromatic heterocycles. The van der Waals surface area contributed by atoms with E-state index in [0.29, 0.717) is 23.1 Å². The Hall–Kier alpha value is -3.63. The number of benzene rings is 1. The van der Waals surface area contributed by atoms with Crippen molar-refractivity contribution >= 4 is 17.3 Å². The van der Waals surface area contributed by atoms with Crippen LogP contribution < -0.4 is 5.32 Å². The highest BCUT2D eigenvalue weighted by Gasteiger charge is 2.26. The Bertz CT molecular complexity index is 1090. The van der Waals surface area contributed by atoms with Crippen molar-refractivity contribution in [3.05, 3.63) is 68.4 Å². The van der Waals surface area contributed by atoms with Gasteiger partial charge < -0.3 is 9.84 Å². The van der Waals surface area contributed by atoms with E-state index in [0.717, 1.165) is 12.1 Å². The first-order valence-corrected chi connectivity index (χ1v) is 8.09. The molecule has 0 radical (unpaired) electrons. The average Bonchev–Trinajstić information content (AvgIpc) is 3.10. The van der Waals surface area contributed by atoms with Crippen LogP contribution in [0, 0.1) is 42.5 Å². The summed E-state index contributed by atoms with van der Waals surface area (Å²) in [6, 6.07) is 2.72. The molecule has 11 heteroatoms. The van der Waals surface area contributed by atoms with Gasteiger partial charge in [-0.05, 0) is 32.9 Å². The molecule has 0 saturated heterocycles. The standard InChI is InChI=1S/C17H15F2N5O4/c1-8-16(24(26)27)9(2)23(21-8)7-12-10(3)28-22-15(12)17(25)20-14-5-4-11(18)6-13(14)19/h4-6H,7H2,1-3H3,(H,20,25). The number of anilines is 1. The van der Waals surface area contributed by atoms with Crippen molar-refractivity contribution in [3.8, 4) is 0 Å². The third-order valence-electron chi connectivity index (χ3n) is 4.21. The zero-order valence-corrected chi connectivity index (χ0v) is 15.1. The first-order valence-electron chi connectivity index (χ1n) is 8.09. The van der Waals surface area contributed by atoms with Crippen molar-refractivity contribution in [2.24, 2.45) is 0 Å². The van der Waals surface area contributed by atoms with Crippen LogP contribution in [-0.2, 0) is 6.54 Å². The van der Waals surface area contributed by atoms with Gasteiger partial charge in [-0.1, -0.05) is 5.16 Å². The predicted molar refractivity (Wildman–Crippen MR) is 93.0 cm³/mol. The van der Waals surface area contributed by atoms with E-state index in [2.05, 4.69) is 15.6 Å². The third kappa shape index (κ3) is 3.46. The van der Waals surface area contributed by atoms with Gasteiger partial charge in [-0.15, -0.1) is 0 Å². The Morgan fingerprint density at radius 3 is 2.64 bits per heavy atom. The Morgan fingerprint density at radius 2 is 2.04 bits per heavy atom. The molecule has 0 spiro atoms. The van der Waals surface area contributed by atoms with Crippen molar-refractivity contribution < 1.29 is 23.0 Å². The largest absolute Gasteiger partial charge is 0.361 e. The lowest BCUT2D eigenvalue weighted by atomic mass is 10.1. The van der Waals surface area contributed by atoms with Crippen LogP contribution in [0.3, 0.4) is 0 Å². The van der Waals surface area contributed by atoms with Crippen LogP contribution in [0.4, 0.5) is 20.2 Å². The highest BCUT2D eigenvalue weighted by molar-refractivity contribution is 6.04. The number of hydrogen-bond acceptors (Lipinski definition) is 6. The molecule has 28 heavy (non-hydrogen) atoms. The Balaban J connectivity index is 1.91. The number of carbonyl (C=O) groups excluding carboxylic acids is 1. The number of nitrogens with zero attached hydrogens (tertiary/aromatic N) is 4. The van der Waals surface area contributed by atoms with Gasteiger partial charge in [0.15, 0.2) is 5.69 Å². The molecule has 0 atom stereocenters. The second-order valence-electron chi connectivity index (χ2n) is 6.08. The summed E-state index contributed by atoms with van der Waals surface area (Å²) in [5.74, 6) is -2.18. The van der Waals surface area contributed by atoms with E-state index in [1.807, 2.05) is 0 Å². The van der Waals surface area contributed by atoms with Crippen molar-refractivity contribution in [3.63, 3.8) is 0 Å². The monoisotopic (exact) mass is 391 g/mol. The van der Waals surface area contributed by atoms with Crippen molar-refractivity contribution in [2.75, 3.05) is 5.32 Å². The predicted octanol–water partition coefficient (Wildman–Crippen LogP) is 3.28. The Morgan fingerprint density at radius 1 is 1.32 bits per heavy atom. The van der Waals surface area contributed by atoms with Crippen LogP contribution in [0.2, 0.25) is 0 Å². The van der Waals surface area contributed by atoms with Gasteiger partial charge >= 0.3 is 5.69 Å². The molecule has 0 fully saturated rings. The number of aryl methyl sites for hydroxylation is 2. The molecule has 3 rings (SSSR count). The minimum Gasteiger partial charge on any atom is -0.361 e. The SMILES string of the molecule is Cc1nn(Cc2c(C(=O)Nc3ccc(F)cc3F)noc2C)c(C)c1[N+](=O)[O-]. The smallest absolute Gasteiger partial charge is 0.312 e. The highest BCUT2D eigenvalue weighted by atomic mass is 19.1. The first kappa shape index (κ1) is 19.1. The second kappa shape index (κ2) is 7.18. The zero-order valence-electron chi connectivity index (χ0n) is 15.1. The second-order valence-corrected chi connectivity index (χ2v) is 6.08. The summed E-state index contributed by atoms with van der Waals surface area (Å²) in [5, 5.41) is 21.3. The maximum Gasteiger partial charge on any atom is 0.312 e. The number of aromatic nitrogens is 3. The molecule has 2 heterocycles. The van der Waals surface area contributed by atoms with Gasteiger partial charge in [0, 0.05) is 11.6 Å². The van der Waals surface area contributed by atoms with E-state index in [-0.39, 0.29) is 29.3 Å². The number of nitrogens with one attached hydrogen (secondary N) is 1. The molecule has 0 unspecified atom stereocenters. The molecule has 0 bridgehead atoms. The van der Waals surface area contributed by atoms with Crippen LogP contribution in [0.1, 0.15) is 33.2 Å². The zero-order chi connectivity index (χ0) is 20.6. The van der Waals surface area contributed by atoms with Crippen molar-refractivity contribution in [1.29, 1.82) is 0 Å². The summed E-state index contributed by atoms with van der Waals surface area (Å²) in [7, 11) is 0. The van der Waals surface area contributed by atoms with Crippen LogP contribution in [0.5, 0.6) is 0 Å². The van der Waals surface area contributed by atoms with Gasteiger partial charge in [-0.25, -0.2) is 8.78 Å². The van der Waals surface area contributed by atoms with Gasteiger partial charge in [0.1, 0.15) is 28.8 Å². The van der Waals surface area contributed by atoms with E-state index >= 15 is 0 Å². The average molecular weight is 391 g/mol.